The van der Waals surface area contributed by atoms with Crippen LogP contribution in [-0.4, -0.2) is 10.4 Å². The third-order valence-electron chi connectivity index (χ3n) is 6.35. The first kappa shape index (κ1) is 22.1. The zero-order valence-electron chi connectivity index (χ0n) is 19.5. The van der Waals surface area contributed by atoms with E-state index in [1.165, 1.54) is 5.56 Å². The van der Waals surface area contributed by atoms with Gasteiger partial charge in [-0.25, -0.2) is 0 Å². The highest BCUT2D eigenvalue weighted by molar-refractivity contribution is 7.49. The molecule has 1 N–H and O–H groups in total. The number of aromatic hydroxyl groups is 1. The molecule has 0 amide bonds. The van der Waals surface area contributed by atoms with Gasteiger partial charge in [0, 0.05) is 17.1 Å². The Morgan fingerprint density at radius 1 is 1.03 bits per heavy atom. The summed E-state index contributed by atoms with van der Waals surface area (Å²) in [5, 5.41) is 12.0. The summed E-state index contributed by atoms with van der Waals surface area (Å²) in [5.41, 5.74) is 4.96. The lowest BCUT2D eigenvalue weighted by atomic mass is 9.76. The molecule has 31 heavy (non-hydrogen) atoms. The number of para-hydroxylation sites is 1. The van der Waals surface area contributed by atoms with Crippen molar-refractivity contribution in [1.29, 1.82) is 0 Å². The van der Waals surface area contributed by atoms with Crippen molar-refractivity contribution in [3.05, 3.63) is 64.7 Å². The lowest BCUT2D eigenvalue weighted by Gasteiger charge is -2.30. The second kappa shape index (κ2) is 7.80. The van der Waals surface area contributed by atoms with E-state index in [0.717, 1.165) is 46.8 Å². The number of hydrogen-bond donors (Lipinski definition) is 1. The van der Waals surface area contributed by atoms with Crippen molar-refractivity contribution in [2.75, 3.05) is 0 Å². The first-order valence-corrected chi connectivity index (χ1v) is 12.3. The van der Waals surface area contributed by atoms with E-state index in [1.807, 2.05) is 18.2 Å². The number of hydrogen-bond acceptors (Lipinski definition) is 3. The number of phenols is 1. The Kier molecular flexibility index (Phi) is 5.56. The third-order valence-corrected chi connectivity index (χ3v) is 7.71. The summed E-state index contributed by atoms with van der Waals surface area (Å²) in [7, 11) is -1.89. The molecule has 0 radical (unpaired) electrons. The molecule has 1 heterocycles. The van der Waals surface area contributed by atoms with Crippen LogP contribution in [0.5, 0.6) is 11.5 Å². The Balaban J connectivity index is 1.76. The third kappa shape index (κ3) is 4.19. The van der Waals surface area contributed by atoms with Crippen LogP contribution in [0.2, 0.25) is 0 Å². The van der Waals surface area contributed by atoms with Crippen molar-refractivity contribution >= 4 is 18.9 Å². The highest BCUT2D eigenvalue weighted by atomic mass is 31.1. The van der Waals surface area contributed by atoms with Crippen LogP contribution in [0.15, 0.2) is 42.5 Å². The molecule has 164 valence electrons. The molecule has 1 aliphatic carbocycles. The molecule has 0 spiro atoms. The average Bonchev–Trinajstić information content (AvgIpc) is 2.67. The maximum atomic E-state index is 13.1. The number of allylic oxidation sites excluding steroid dienone is 2. The minimum atomic E-state index is -1.89. The Labute approximate surface area is 187 Å². The van der Waals surface area contributed by atoms with Crippen LogP contribution in [0.1, 0.15) is 76.6 Å². The molecular formula is C27H33O3P. The quantitative estimate of drug-likeness (QED) is 0.565. The van der Waals surface area contributed by atoms with E-state index in [1.54, 1.807) is 0 Å². The smallest absolute Gasteiger partial charge is 0.281 e. The van der Waals surface area contributed by atoms with Crippen molar-refractivity contribution < 1.29 is 14.5 Å². The van der Waals surface area contributed by atoms with Crippen LogP contribution in [0.3, 0.4) is 0 Å². The fraction of sp³-hybridized carbons (Fsp3) is 0.444. The van der Waals surface area contributed by atoms with Crippen LogP contribution in [-0.2, 0) is 17.3 Å². The standard InChI is InChI=1S/C27H33O3P/c1-26(2,3)21-15-17(16-22(24(21)28)27(4,5)6)14-18-10-9-12-20-19-11-7-8-13-23(19)30-31(29)25(18)20/h7-8,11-13,15-16,18,28H,9-10,14H2,1-6H3. The Morgan fingerprint density at radius 3 is 2.26 bits per heavy atom. The number of benzene rings is 2. The normalized spacial score (nSPS) is 20.0. The second-order valence-corrected chi connectivity index (χ2v) is 12.0. The van der Waals surface area contributed by atoms with Gasteiger partial charge in [0.1, 0.15) is 5.75 Å². The molecule has 2 aromatic rings. The van der Waals surface area contributed by atoms with Crippen LogP contribution < -0.4 is 9.42 Å². The first-order chi connectivity index (χ1) is 14.5. The molecular weight excluding hydrogens is 403 g/mol. The molecule has 2 aliphatic rings. The van der Waals surface area contributed by atoms with E-state index in [9.17, 15) is 10.00 Å². The lowest BCUT2D eigenvalue weighted by molar-refractivity contribution is -0.166. The van der Waals surface area contributed by atoms with Crippen LogP contribution in [0, 0.1) is 5.92 Å². The molecule has 4 heteroatoms. The van der Waals surface area contributed by atoms with E-state index in [2.05, 4.69) is 65.8 Å². The van der Waals surface area contributed by atoms with E-state index in [-0.39, 0.29) is 16.7 Å². The summed E-state index contributed by atoms with van der Waals surface area (Å²) in [6.07, 6.45) is 4.95. The van der Waals surface area contributed by atoms with E-state index in [4.69, 9.17) is 4.52 Å². The summed E-state index contributed by atoms with van der Waals surface area (Å²) in [5.74, 6) is 1.29. The molecule has 0 saturated carbocycles. The summed E-state index contributed by atoms with van der Waals surface area (Å²) >= 11 is 0. The molecule has 2 aromatic carbocycles. The molecule has 2 unspecified atom stereocenters. The lowest BCUT2D eigenvalue weighted by Crippen LogP contribution is -2.27. The van der Waals surface area contributed by atoms with Gasteiger partial charge < -0.3 is 10.00 Å². The van der Waals surface area contributed by atoms with E-state index < -0.39 is 8.00 Å². The first-order valence-electron chi connectivity index (χ1n) is 11.2. The van der Waals surface area contributed by atoms with Gasteiger partial charge in [0.05, 0.1) is 0 Å². The molecule has 3 nitrogen and oxygen atoms in total. The minimum absolute atomic E-state index is 0.164. The van der Waals surface area contributed by atoms with Gasteiger partial charge in [-0.15, -0.1) is 0 Å². The fourth-order valence-electron chi connectivity index (χ4n) is 4.73. The zero-order valence-corrected chi connectivity index (χ0v) is 20.3. The molecule has 0 saturated heterocycles. The summed E-state index contributed by atoms with van der Waals surface area (Å²) in [6.45, 7) is 12.8. The van der Waals surface area contributed by atoms with Gasteiger partial charge in [0.2, 0.25) is 0 Å². The van der Waals surface area contributed by atoms with Crippen LogP contribution >= 0.6 is 8.00 Å². The Morgan fingerprint density at radius 2 is 1.65 bits per heavy atom. The second-order valence-electron chi connectivity index (χ2n) is 10.9. The van der Waals surface area contributed by atoms with Gasteiger partial charge in [-0.05, 0) is 52.8 Å². The van der Waals surface area contributed by atoms with Crippen LogP contribution in [0.25, 0.3) is 5.57 Å². The van der Waals surface area contributed by atoms with Gasteiger partial charge >= 0.3 is 0 Å². The van der Waals surface area contributed by atoms with Gasteiger partial charge in [0.15, 0.2) is 11.0 Å². The van der Waals surface area contributed by atoms with Crippen molar-refractivity contribution in [3.63, 3.8) is 0 Å². The van der Waals surface area contributed by atoms with Crippen molar-refractivity contribution in [1.82, 2.24) is 0 Å². The highest BCUT2D eigenvalue weighted by Crippen LogP contribution is 2.46. The topological polar surface area (TPSA) is 52.5 Å². The SMILES string of the molecule is CC(C)(C)c1cc(CC2CCC=C3C2=[P+]([O-])Oc2ccccc23)cc(C(C)(C)C)c1O. The predicted molar refractivity (Wildman–Crippen MR) is 129 cm³/mol. The molecule has 0 fully saturated rings. The molecule has 0 bridgehead atoms. The predicted octanol–water partition coefficient (Wildman–Crippen LogP) is 6.26. The minimum Gasteiger partial charge on any atom is -0.595 e. The maximum Gasteiger partial charge on any atom is 0.281 e. The van der Waals surface area contributed by atoms with E-state index in [0.29, 0.717) is 11.5 Å². The summed E-state index contributed by atoms with van der Waals surface area (Å²) in [4.78, 5) is 13.1. The molecule has 2 atom stereocenters. The van der Waals surface area contributed by atoms with Gasteiger partial charge in [-0.2, -0.15) is 0 Å². The largest absolute Gasteiger partial charge is 0.595 e. The van der Waals surface area contributed by atoms with E-state index >= 15 is 0 Å². The Bertz CT molecular complexity index is 1050. The van der Waals surface area contributed by atoms with Gasteiger partial charge in [0.25, 0.3) is 8.00 Å². The van der Waals surface area contributed by atoms with Crippen molar-refractivity contribution in [3.8, 4) is 11.5 Å². The molecule has 1 aliphatic heterocycles. The highest BCUT2D eigenvalue weighted by Gasteiger charge is 2.37. The average molecular weight is 437 g/mol. The maximum absolute atomic E-state index is 13.1. The monoisotopic (exact) mass is 436 g/mol. The summed E-state index contributed by atoms with van der Waals surface area (Å²) in [6, 6.07) is 12.2. The zero-order chi connectivity index (χ0) is 22.6. The van der Waals surface area contributed by atoms with Crippen molar-refractivity contribution in [2.45, 2.75) is 71.6 Å². The molecule has 4 rings (SSSR count). The Hall–Kier alpha value is -2.09. The number of fused-ring (bicyclic) bond motifs is 3. The molecule has 0 aromatic heterocycles. The van der Waals surface area contributed by atoms with Crippen LogP contribution in [0.4, 0.5) is 0 Å². The fourth-order valence-corrected chi connectivity index (χ4v) is 6.09. The summed E-state index contributed by atoms with van der Waals surface area (Å²) < 4.78 is 5.84. The number of phenolic OH excluding ortho intramolecular Hbond substituents is 1. The van der Waals surface area contributed by atoms with Gasteiger partial charge in [-0.1, -0.05) is 78.0 Å². The number of rotatable bonds is 2. The van der Waals surface area contributed by atoms with Gasteiger partial charge in [-0.3, -0.25) is 4.52 Å². The van der Waals surface area contributed by atoms with Crippen molar-refractivity contribution in [2.24, 2.45) is 5.92 Å².